The molecule has 2 fully saturated rings. The van der Waals surface area contributed by atoms with Gasteiger partial charge in [0.1, 0.15) is 0 Å². The quantitative estimate of drug-likeness (QED) is 0.896. The molecule has 0 aliphatic carbocycles. The second-order valence-corrected chi connectivity index (χ2v) is 6.41. The summed E-state index contributed by atoms with van der Waals surface area (Å²) in [7, 11) is 0. The molecule has 0 unspecified atom stereocenters. The summed E-state index contributed by atoms with van der Waals surface area (Å²) in [5.41, 5.74) is 1.23. The molecule has 3 heterocycles. The molecule has 1 aromatic rings. The van der Waals surface area contributed by atoms with Crippen LogP contribution < -0.4 is 5.32 Å². The van der Waals surface area contributed by atoms with E-state index in [-0.39, 0.29) is 0 Å². The number of fused-ring (bicyclic) bond motifs is 1. The molecule has 3 rings (SSSR count). The SMILES string of the molecule is CCC(CC)n1ccc(CN2C[C@@H]3CCCN[C@@H]3C2)n1. The number of rotatable bonds is 5. The minimum absolute atomic E-state index is 0.562. The van der Waals surface area contributed by atoms with Gasteiger partial charge < -0.3 is 5.32 Å². The Morgan fingerprint density at radius 1 is 1.35 bits per heavy atom. The van der Waals surface area contributed by atoms with E-state index in [0.717, 1.165) is 31.3 Å². The molecule has 2 aliphatic heterocycles. The van der Waals surface area contributed by atoms with Gasteiger partial charge in [0.15, 0.2) is 0 Å². The van der Waals surface area contributed by atoms with Crippen LogP contribution in [0.4, 0.5) is 0 Å². The molecule has 0 spiro atoms. The number of piperidine rings is 1. The molecule has 2 saturated heterocycles. The predicted octanol–water partition coefficient (Wildman–Crippen LogP) is 2.43. The van der Waals surface area contributed by atoms with Crippen LogP contribution in [0.1, 0.15) is 51.3 Å². The fourth-order valence-corrected chi connectivity index (χ4v) is 3.82. The van der Waals surface area contributed by atoms with E-state index in [1.807, 2.05) is 0 Å². The van der Waals surface area contributed by atoms with Gasteiger partial charge in [-0.2, -0.15) is 5.10 Å². The van der Waals surface area contributed by atoms with Crippen molar-refractivity contribution in [3.05, 3.63) is 18.0 Å². The van der Waals surface area contributed by atoms with Crippen LogP contribution in [0.3, 0.4) is 0 Å². The summed E-state index contributed by atoms with van der Waals surface area (Å²) in [4.78, 5) is 2.58. The molecular weight excluding hydrogens is 248 g/mol. The van der Waals surface area contributed by atoms with Crippen molar-refractivity contribution in [3.63, 3.8) is 0 Å². The first-order chi connectivity index (χ1) is 9.80. The minimum Gasteiger partial charge on any atom is -0.312 e. The molecule has 1 aromatic heterocycles. The zero-order valence-electron chi connectivity index (χ0n) is 12.9. The Labute approximate surface area is 122 Å². The van der Waals surface area contributed by atoms with Gasteiger partial charge in [-0.1, -0.05) is 13.8 Å². The first kappa shape index (κ1) is 14.1. The van der Waals surface area contributed by atoms with Crippen LogP contribution in [-0.2, 0) is 6.54 Å². The van der Waals surface area contributed by atoms with E-state index in [2.05, 4.69) is 41.0 Å². The van der Waals surface area contributed by atoms with Crippen LogP contribution in [0.25, 0.3) is 0 Å². The Morgan fingerprint density at radius 2 is 2.20 bits per heavy atom. The van der Waals surface area contributed by atoms with Gasteiger partial charge in [-0.15, -0.1) is 0 Å². The molecule has 1 N–H and O–H groups in total. The molecule has 2 atom stereocenters. The molecule has 2 aliphatic rings. The lowest BCUT2D eigenvalue weighted by Crippen LogP contribution is -2.40. The highest BCUT2D eigenvalue weighted by Gasteiger charge is 2.34. The van der Waals surface area contributed by atoms with Crippen LogP contribution >= 0.6 is 0 Å². The maximum atomic E-state index is 4.79. The van der Waals surface area contributed by atoms with Gasteiger partial charge in [-0.05, 0) is 44.2 Å². The highest BCUT2D eigenvalue weighted by molar-refractivity contribution is 5.02. The monoisotopic (exact) mass is 276 g/mol. The largest absolute Gasteiger partial charge is 0.312 e. The van der Waals surface area contributed by atoms with E-state index in [9.17, 15) is 0 Å². The number of nitrogens with one attached hydrogen (secondary N) is 1. The minimum atomic E-state index is 0.562. The Balaban J connectivity index is 1.58. The molecule has 0 aromatic carbocycles. The third kappa shape index (κ3) is 2.91. The number of hydrogen-bond acceptors (Lipinski definition) is 3. The molecule has 4 nitrogen and oxygen atoms in total. The molecule has 0 radical (unpaired) electrons. The zero-order chi connectivity index (χ0) is 13.9. The van der Waals surface area contributed by atoms with E-state index in [4.69, 9.17) is 5.10 Å². The molecular formula is C16H28N4. The Morgan fingerprint density at radius 3 is 2.95 bits per heavy atom. The van der Waals surface area contributed by atoms with Crippen molar-refractivity contribution in [2.45, 2.75) is 58.2 Å². The average Bonchev–Trinajstić information content (AvgIpc) is 3.07. The first-order valence-corrected chi connectivity index (χ1v) is 8.30. The van der Waals surface area contributed by atoms with E-state index >= 15 is 0 Å². The van der Waals surface area contributed by atoms with Crippen LogP contribution in [0.2, 0.25) is 0 Å². The number of likely N-dealkylation sites (tertiary alicyclic amines) is 1. The fourth-order valence-electron chi connectivity index (χ4n) is 3.82. The third-order valence-electron chi connectivity index (χ3n) is 5.04. The summed E-state index contributed by atoms with van der Waals surface area (Å²) in [5, 5.41) is 8.46. The lowest BCUT2D eigenvalue weighted by Gasteiger charge is -2.24. The summed E-state index contributed by atoms with van der Waals surface area (Å²) < 4.78 is 2.16. The van der Waals surface area contributed by atoms with Gasteiger partial charge in [-0.25, -0.2) is 0 Å². The van der Waals surface area contributed by atoms with E-state index in [1.54, 1.807) is 0 Å². The second-order valence-electron chi connectivity index (χ2n) is 6.41. The maximum Gasteiger partial charge on any atom is 0.0764 e. The number of hydrogen-bond donors (Lipinski definition) is 1. The van der Waals surface area contributed by atoms with Gasteiger partial charge in [0, 0.05) is 31.9 Å². The van der Waals surface area contributed by atoms with Gasteiger partial charge >= 0.3 is 0 Å². The summed E-state index contributed by atoms with van der Waals surface area (Å²) in [6.45, 7) is 9.15. The van der Waals surface area contributed by atoms with Gasteiger partial charge in [-0.3, -0.25) is 9.58 Å². The van der Waals surface area contributed by atoms with Gasteiger partial charge in [0.2, 0.25) is 0 Å². The normalized spacial score (nSPS) is 27.1. The second kappa shape index (κ2) is 6.27. The Kier molecular flexibility index (Phi) is 4.41. The molecule has 112 valence electrons. The van der Waals surface area contributed by atoms with Crippen molar-refractivity contribution in [1.29, 1.82) is 0 Å². The van der Waals surface area contributed by atoms with Crippen LogP contribution in [-0.4, -0.2) is 40.4 Å². The summed E-state index contributed by atoms with van der Waals surface area (Å²) >= 11 is 0. The topological polar surface area (TPSA) is 33.1 Å². The number of aromatic nitrogens is 2. The Hall–Kier alpha value is -0.870. The Bertz CT molecular complexity index is 410. The first-order valence-electron chi connectivity index (χ1n) is 8.30. The molecule has 0 bridgehead atoms. The fraction of sp³-hybridized carbons (Fsp3) is 0.812. The maximum absolute atomic E-state index is 4.79. The predicted molar refractivity (Wildman–Crippen MR) is 81.6 cm³/mol. The summed E-state index contributed by atoms with van der Waals surface area (Å²) in [5.74, 6) is 0.866. The zero-order valence-corrected chi connectivity index (χ0v) is 12.9. The van der Waals surface area contributed by atoms with E-state index in [1.165, 1.54) is 38.2 Å². The lowest BCUT2D eigenvalue weighted by molar-refractivity contribution is 0.306. The third-order valence-corrected chi connectivity index (χ3v) is 5.04. The molecule has 0 saturated carbocycles. The van der Waals surface area contributed by atoms with Crippen molar-refractivity contribution in [1.82, 2.24) is 20.0 Å². The molecule has 0 amide bonds. The van der Waals surface area contributed by atoms with Gasteiger partial charge in [0.25, 0.3) is 0 Å². The smallest absolute Gasteiger partial charge is 0.0764 e. The van der Waals surface area contributed by atoms with Crippen molar-refractivity contribution < 1.29 is 0 Å². The van der Waals surface area contributed by atoms with Crippen molar-refractivity contribution in [3.8, 4) is 0 Å². The standard InChI is InChI=1S/C16H28N4/c1-3-15(4-2)20-9-7-14(18-20)11-19-10-13-6-5-8-17-16(13)12-19/h7,9,13,15-17H,3-6,8,10-12H2,1-2H3/t13-,16+/m0/s1. The van der Waals surface area contributed by atoms with E-state index < -0.39 is 0 Å². The average molecular weight is 276 g/mol. The van der Waals surface area contributed by atoms with E-state index in [0.29, 0.717) is 6.04 Å². The molecule has 4 heteroatoms. The highest BCUT2D eigenvalue weighted by atomic mass is 15.3. The van der Waals surface area contributed by atoms with Crippen molar-refractivity contribution in [2.75, 3.05) is 19.6 Å². The van der Waals surface area contributed by atoms with Crippen molar-refractivity contribution >= 4 is 0 Å². The number of nitrogens with zero attached hydrogens (tertiary/aromatic N) is 3. The summed E-state index contributed by atoms with van der Waals surface area (Å²) in [6, 6.07) is 3.49. The van der Waals surface area contributed by atoms with Crippen LogP contribution in [0, 0.1) is 5.92 Å². The molecule has 20 heavy (non-hydrogen) atoms. The summed E-state index contributed by atoms with van der Waals surface area (Å²) in [6.07, 6.45) is 7.23. The van der Waals surface area contributed by atoms with Gasteiger partial charge in [0.05, 0.1) is 11.7 Å². The highest BCUT2D eigenvalue weighted by Crippen LogP contribution is 2.26. The van der Waals surface area contributed by atoms with Crippen LogP contribution in [0.15, 0.2) is 12.3 Å². The van der Waals surface area contributed by atoms with Crippen LogP contribution in [0.5, 0.6) is 0 Å². The lowest BCUT2D eigenvalue weighted by atomic mass is 9.94. The van der Waals surface area contributed by atoms with Crippen molar-refractivity contribution in [2.24, 2.45) is 5.92 Å².